The molecule has 0 bridgehead atoms. The standard InChI is InChI=1S/C38H30N6O4S/c1-42-35(21-34(45)27-8-6-25(22-39)7-9-27)44(37(46)38(42,29-12-16-40-17-13-29)30-14-18-41-19-15-30)36-32-23-43(24-33(32)36)49(47,48)31-11-10-26-4-2-3-5-28(26)20-31/h2-21,32-33,36H,23-24H2,1H3/t32-,33+,36+. The van der Waals surface area contributed by atoms with Crippen LogP contribution in [0.25, 0.3) is 10.8 Å². The maximum Gasteiger partial charge on any atom is 0.263 e. The fourth-order valence-corrected chi connectivity index (χ4v) is 9.17. The summed E-state index contributed by atoms with van der Waals surface area (Å²) in [5, 5.41) is 11.1. The van der Waals surface area contributed by atoms with Gasteiger partial charge in [0.1, 0.15) is 5.82 Å². The van der Waals surface area contributed by atoms with E-state index in [0.717, 1.165) is 10.8 Å². The number of piperidine rings is 1. The molecule has 3 aliphatic rings. The number of hydrogen-bond donors (Lipinski definition) is 0. The van der Waals surface area contributed by atoms with E-state index in [1.165, 1.54) is 10.4 Å². The van der Waals surface area contributed by atoms with Crippen molar-refractivity contribution in [2.24, 2.45) is 11.8 Å². The molecule has 3 atom stereocenters. The zero-order chi connectivity index (χ0) is 33.9. The first kappa shape index (κ1) is 30.6. The Kier molecular flexibility index (Phi) is 7.17. The summed E-state index contributed by atoms with van der Waals surface area (Å²) >= 11 is 0. The summed E-state index contributed by atoms with van der Waals surface area (Å²) in [5.41, 5.74) is 0.818. The summed E-state index contributed by atoms with van der Waals surface area (Å²) in [4.78, 5) is 41.0. The molecular formula is C38H30N6O4S. The molecule has 2 saturated heterocycles. The molecule has 8 rings (SSSR count). The lowest BCUT2D eigenvalue weighted by atomic mass is 9.82. The third-order valence-corrected chi connectivity index (χ3v) is 12.0. The molecule has 1 saturated carbocycles. The summed E-state index contributed by atoms with van der Waals surface area (Å²) in [5.74, 6) is -0.389. The Morgan fingerprint density at radius 2 is 1.45 bits per heavy atom. The maximum atomic E-state index is 15.1. The Balaban J connectivity index is 1.17. The van der Waals surface area contributed by atoms with Gasteiger partial charge in [0.25, 0.3) is 5.91 Å². The van der Waals surface area contributed by atoms with E-state index in [9.17, 15) is 18.5 Å². The highest BCUT2D eigenvalue weighted by atomic mass is 32.2. The van der Waals surface area contributed by atoms with Gasteiger partial charge in [-0.2, -0.15) is 9.57 Å². The number of hydrogen-bond acceptors (Lipinski definition) is 8. The molecule has 5 aromatic rings. The number of benzene rings is 3. The minimum absolute atomic E-state index is 0.119. The summed E-state index contributed by atoms with van der Waals surface area (Å²) in [7, 11) is -1.98. The van der Waals surface area contributed by atoms with Crippen molar-refractivity contribution in [1.29, 1.82) is 5.26 Å². The average Bonchev–Trinajstić information content (AvgIpc) is 3.50. The van der Waals surface area contributed by atoms with Gasteiger partial charge in [0, 0.05) is 74.4 Å². The number of sulfonamides is 1. The third kappa shape index (κ3) is 4.75. The van der Waals surface area contributed by atoms with E-state index < -0.39 is 15.6 Å². The van der Waals surface area contributed by atoms with Gasteiger partial charge in [-0.1, -0.05) is 30.3 Å². The van der Waals surface area contributed by atoms with E-state index in [-0.39, 0.29) is 47.6 Å². The van der Waals surface area contributed by atoms with Gasteiger partial charge in [0.05, 0.1) is 16.5 Å². The molecule has 242 valence electrons. The van der Waals surface area contributed by atoms with Gasteiger partial charge >= 0.3 is 0 Å². The van der Waals surface area contributed by atoms with Crippen LogP contribution >= 0.6 is 0 Å². The van der Waals surface area contributed by atoms with Gasteiger partial charge in [-0.25, -0.2) is 8.42 Å². The van der Waals surface area contributed by atoms with Crippen LogP contribution in [0.2, 0.25) is 0 Å². The van der Waals surface area contributed by atoms with Crippen molar-refractivity contribution in [1.82, 2.24) is 24.1 Å². The summed E-state index contributed by atoms with van der Waals surface area (Å²) < 4.78 is 29.2. The third-order valence-electron chi connectivity index (χ3n) is 10.1. The Morgan fingerprint density at radius 1 is 0.857 bits per heavy atom. The van der Waals surface area contributed by atoms with E-state index in [1.54, 1.807) is 97.4 Å². The number of fused-ring (bicyclic) bond motifs is 2. The van der Waals surface area contributed by atoms with E-state index >= 15 is 4.79 Å². The SMILES string of the molecule is CN1C(=CC(=O)c2ccc(C#N)cc2)N([C@H]2[C@@H]3CN(S(=O)(=O)c4ccc5ccccc5c4)C[C@@H]32)C(=O)C1(c1ccncc1)c1ccncc1. The first-order valence-electron chi connectivity index (χ1n) is 15.9. The molecule has 2 aromatic heterocycles. The fourth-order valence-electron chi connectivity index (χ4n) is 7.62. The zero-order valence-corrected chi connectivity index (χ0v) is 27.2. The minimum atomic E-state index is -3.77. The number of likely N-dealkylation sites (N-methyl/N-ethyl adjacent to an activating group) is 1. The number of aromatic nitrogens is 2. The lowest BCUT2D eigenvalue weighted by molar-refractivity contribution is -0.132. The van der Waals surface area contributed by atoms with Crippen molar-refractivity contribution in [3.05, 3.63) is 150 Å². The van der Waals surface area contributed by atoms with Gasteiger partial charge in [0.15, 0.2) is 11.3 Å². The normalized spacial score (nSPS) is 22.3. The van der Waals surface area contributed by atoms with E-state index in [4.69, 9.17) is 0 Å². The average molecular weight is 667 g/mol. The van der Waals surface area contributed by atoms with Gasteiger partial charge in [0.2, 0.25) is 10.0 Å². The van der Waals surface area contributed by atoms with Crippen LogP contribution in [0.5, 0.6) is 0 Å². The number of amides is 1. The van der Waals surface area contributed by atoms with E-state index in [2.05, 4.69) is 16.0 Å². The van der Waals surface area contributed by atoms with Crippen LogP contribution in [-0.4, -0.2) is 70.4 Å². The Bertz CT molecular complexity index is 2250. The predicted molar refractivity (Wildman–Crippen MR) is 181 cm³/mol. The minimum Gasteiger partial charge on any atom is -0.339 e. The quantitative estimate of drug-likeness (QED) is 0.183. The molecule has 10 nitrogen and oxygen atoms in total. The van der Waals surface area contributed by atoms with Gasteiger partial charge in [-0.3, -0.25) is 24.5 Å². The van der Waals surface area contributed by atoms with Crippen molar-refractivity contribution >= 4 is 32.5 Å². The first-order valence-corrected chi connectivity index (χ1v) is 17.3. The summed E-state index contributed by atoms with van der Waals surface area (Å²) in [6.07, 6.45) is 8.01. The van der Waals surface area contributed by atoms with Gasteiger partial charge in [-0.05, 0) is 82.6 Å². The molecule has 3 fully saturated rings. The highest BCUT2D eigenvalue weighted by Gasteiger charge is 2.67. The topological polar surface area (TPSA) is 128 Å². The molecule has 11 heteroatoms. The molecular weight excluding hydrogens is 637 g/mol. The molecule has 2 aliphatic heterocycles. The Labute approximate surface area is 283 Å². The second-order valence-electron chi connectivity index (χ2n) is 12.6. The second-order valence-corrected chi connectivity index (χ2v) is 14.6. The first-order chi connectivity index (χ1) is 23.7. The van der Waals surface area contributed by atoms with Gasteiger partial charge < -0.3 is 4.90 Å². The number of rotatable bonds is 7. The van der Waals surface area contributed by atoms with Crippen LogP contribution in [-0.2, 0) is 20.4 Å². The van der Waals surface area contributed by atoms with Crippen molar-refractivity contribution in [3.8, 4) is 6.07 Å². The fraction of sp³-hybridized carbons (Fsp3) is 0.184. The van der Waals surface area contributed by atoms with Crippen molar-refractivity contribution in [2.45, 2.75) is 16.5 Å². The maximum absolute atomic E-state index is 15.1. The molecule has 1 amide bonds. The molecule has 0 N–H and O–H groups in total. The van der Waals surface area contributed by atoms with Gasteiger partial charge in [-0.15, -0.1) is 0 Å². The lowest BCUT2D eigenvalue weighted by Crippen LogP contribution is -2.46. The van der Waals surface area contributed by atoms with Crippen LogP contribution < -0.4 is 0 Å². The second kappa shape index (κ2) is 11.5. The van der Waals surface area contributed by atoms with Crippen LogP contribution in [0.15, 0.2) is 133 Å². The number of allylic oxidation sites excluding steroid dienone is 1. The predicted octanol–water partition coefficient (Wildman–Crippen LogP) is 4.56. The van der Waals surface area contributed by atoms with Crippen molar-refractivity contribution < 1.29 is 18.0 Å². The van der Waals surface area contributed by atoms with Crippen molar-refractivity contribution in [3.63, 3.8) is 0 Å². The Hall–Kier alpha value is -5.70. The zero-order valence-electron chi connectivity index (χ0n) is 26.4. The Morgan fingerprint density at radius 3 is 2.04 bits per heavy atom. The molecule has 0 spiro atoms. The molecule has 4 heterocycles. The number of pyridine rings is 2. The molecule has 1 aliphatic carbocycles. The molecule has 3 aromatic carbocycles. The van der Waals surface area contributed by atoms with E-state index in [0.29, 0.717) is 28.1 Å². The van der Waals surface area contributed by atoms with E-state index in [1.807, 2.05) is 35.2 Å². The van der Waals surface area contributed by atoms with Crippen LogP contribution in [0, 0.1) is 23.2 Å². The summed E-state index contributed by atoms with van der Waals surface area (Å²) in [6, 6.07) is 28.1. The largest absolute Gasteiger partial charge is 0.339 e. The summed E-state index contributed by atoms with van der Waals surface area (Å²) in [6.45, 7) is 0.513. The van der Waals surface area contributed by atoms with Crippen molar-refractivity contribution in [2.75, 3.05) is 20.1 Å². The van der Waals surface area contributed by atoms with Crippen LogP contribution in [0.4, 0.5) is 0 Å². The smallest absolute Gasteiger partial charge is 0.263 e. The highest BCUT2D eigenvalue weighted by molar-refractivity contribution is 7.89. The number of nitrogens with zero attached hydrogens (tertiary/aromatic N) is 6. The van der Waals surface area contributed by atoms with Crippen LogP contribution in [0.1, 0.15) is 27.0 Å². The number of carbonyl (C=O) groups is 2. The number of carbonyl (C=O) groups excluding carboxylic acids is 2. The lowest BCUT2D eigenvalue weighted by Gasteiger charge is -2.35. The molecule has 49 heavy (non-hydrogen) atoms. The monoisotopic (exact) mass is 666 g/mol. The highest BCUT2D eigenvalue weighted by Crippen LogP contribution is 2.56. The molecule has 0 radical (unpaired) electrons. The number of ketones is 1. The molecule has 0 unspecified atom stereocenters. The van der Waals surface area contributed by atoms with Crippen LogP contribution in [0.3, 0.4) is 0 Å². The number of nitriles is 1.